The molecule has 0 bridgehead atoms. The molecule has 0 aliphatic rings. The molecule has 0 aliphatic heterocycles. The van der Waals surface area contributed by atoms with Crippen LogP contribution in [0.3, 0.4) is 0 Å². The van der Waals surface area contributed by atoms with Crippen LogP contribution in [0, 0.1) is 12.7 Å². The summed E-state index contributed by atoms with van der Waals surface area (Å²) in [5.74, 6) is -0.470. The zero-order chi connectivity index (χ0) is 9.35. The fourth-order valence-corrected chi connectivity index (χ4v) is 1.38. The zero-order valence-corrected chi connectivity index (χ0v) is 7.49. The maximum atomic E-state index is 13.4. The highest BCUT2D eigenvalue weighted by Gasteiger charge is 2.24. The minimum atomic E-state index is -1.60. The molecule has 0 nitrogen and oxygen atoms in total. The first-order valence-electron chi connectivity index (χ1n) is 3.87. The number of rotatable bonds is 1. The van der Waals surface area contributed by atoms with Crippen molar-refractivity contribution in [1.82, 2.24) is 0 Å². The van der Waals surface area contributed by atoms with Crippen LogP contribution in [0.5, 0.6) is 0 Å². The normalized spacial score (nSPS) is 11.8. The van der Waals surface area contributed by atoms with Gasteiger partial charge in [0.25, 0.3) is 0 Å². The second-order valence-corrected chi connectivity index (χ2v) is 3.40. The van der Waals surface area contributed by atoms with Gasteiger partial charge in [-0.25, -0.2) is 8.78 Å². The van der Waals surface area contributed by atoms with Gasteiger partial charge < -0.3 is 0 Å². The van der Waals surface area contributed by atoms with Crippen molar-refractivity contribution >= 4 is 0 Å². The summed E-state index contributed by atoms with van der Waals surface area (Å²) in [6.45, 7) is 4.43. The Labute approximate surface area is 71.2 Å². The molecule has 1 rings (SSSR count). The van der Waals surface area contributed by atoms with Crippen molar-refractivity contribution in [3.05, 3.63) is 35.1 Å². The summed E-state index contributed by atoms with van der Waals surface area (Å²) >= 11 is 0. The smallest absolute Gasteiger partial charge is 0.133 e. The van der Waals surface area contributed by atoms with E-state index in [0.717, 1.165) is 0 Å². The lowest BCUT2D eigenvalue weighted by Crippen LogP contribution is -2.13. The Kier molecular flexibility index (Phi) is 2.18. The predicted octanol–water partition coefficient (Wildman–Crippen LogP) is 3.34. The third kappa shape index (κ3) is 1.63. The van der Waals surface area contributed by atoms with Gasteiger partial charge in [-0.2, -0.15) is 0 Å². The molecule has 0 saturated carbocycles. The van der Waals surface area contributed by atoms with Gasteiger partial charge in [0.2, 0.25) is 0 Å². The molecule has 2 heteroatoms. The molecule has 0 fully saturated rings. The third-order valence-corrected chi connectivity index (χ3v) is 1.82. The molecule has 0 amide bonds. The summed E-state index contributed by atoms with van der Waals surface area (Å²) in [6, 6.07) is 4.57. The van der Waals surface area contributed by atoms with Crippen LogP contribution in [-0.2, 0) is 5.67 Å². The minimum absolute atomic E-state index is 0.157. The van der Waals surface area contributed by atoms with Crippen molar-refractivity contribution < 1.29 is 8.78 Å². The highest BCUT2D eigenvalue weighted by molar-refractivity contribution is 5.31. The minimum Gasteiger partial charge on any atom is -0.239 e. The lowest BCUT2D eigenvalue weighted by molar-refractivity contribution is 0.212. The molecule has 0 heterocycles. The fraction of sp³-hybridized carbons (Fsp3) is 0.400. The lowest BCUT2D eigenvalue weighted by Gasteiger charge is -2.17. The van der Waals surface area contributed by atoms with Gasteiger partial charge >= 0.3 is 0 Å². The van der Waals surface area contributed by atoms with Crippen LogP contribution in [0.2, 0.25) is 0 Å². The second kappa shape index (κ2) is 2.85. The molecular weight excluding hydrogens is 158 g/mol. The van der Waals surface area contributed by atoms with Gasteiger partial charge in [-0.1, -0.05) is 12.1 Å². The van der Waals surface area contributed by atoms with E-state index in [9.17, 15) is 8.78 Å². The first-order chi connectivity index (χ1) is 5.43. The third-order valence-electron chi connectivity index (χ3n) is 1.82. The van der Waals surface area contributed by atoms with Crippen molar-refractivity contribution in [2.24, 2.45) is 0 Å². The highest BCUT2D eigenvalue weighted by Crippen LogP contribution is 2.29. The van der Waals surface area contributed by atoms with E-state index < -0.39 is 11.5 Å². The van der Waals surface area contributed by atoms with E-state index in [1.807, 2.05) is 0 Å². The number of alkyl halides is 1. The van der Waals surface area contributed by atoms with Gasteiger partial charge in [0, 0.05) is 5.56 Å². The Morgan fingerprint density at radius 1 is 1.25 bits per heavy atom. The Hall–Kier alpha value is -0.920. The van der Waals surface area contributed by atoms with Crippen LogP contribution in [0.4, 0.5) is 8.78 Å². The van der Waals surface area contributed by atoms with Crippen LogP contribution in [-0.4, -0.2) is 0 Å². The lowest BCUT2D eigenvalue weighted by atomic mass is 9.95. The van der Waals surface area contributed by atoms with E-state index in [0.29, 0.717) is 5.56 Å². The molecule has 0 aliphatic carbocycles. The van der Waals surface area contributed by atoms with Gasteiger partial charge in [-0.15, -0.1) is 0 Å². The SMILES string of the molecule is Cc1cccc(F)c1C(C)(C)F. The van der Waals surface area contributed by atoms with Gasteiger partial charge in [-0.05, 0) is 32.4 Å². The summed E-state index contributed by atoms with van der Waals surface area (Å²) in [7, 11) is 0. The van der Waals surface area contributed by atoms with Crippen LogP contribution in [0.1, 0.15) is 25.0 Å². The van der Waals surface area contributed by atoms with Crippen LogP contribution in [0.15, 0.2) is 18.2 Å². The van der Waals surface area contributed by atoms with Crippen molar-refractivity contribution in [2.75, 3.05) is 0 Å². The second-order valence-electron chi connectivity index (χ2n) is 3.40. The zero-order valence-electron chi connectivity index (χ0n) is 7.49. The van der Waals surface area contributed by atoms with Gasteiger partial charge in [0.05, 0.1) is 0 Å². The molecule has 0 spiro atoms. The highest BCUT2D eigenvalue weighted by atomic mass is 19.1. The summed E-state index contributed by atoms with van der Waals surface area (Å²) in [5, 5.41) is 0. The summed E-state index contributed by atoms with van der Waals surface area (Å²) in [5.41, 5.74) is -0.789. The molecule has 0 atom stereocenters. The van der Waals surface area contributed by atoms with E-state index in [-0.39, 0.29) is 5.56 Å². The fourth-order valence-electron chi connectivity index (χ4n) is 1.38. The molecule has 1 aromatic carbocycles. The Morgan fingerprint density at radius 2 is 1.83 bits per heavy atom. The monoisotopic (exact) mass is 170 g/mol. The molecule has 1 aromatic rings. The van der Waals surface area contributed by atoms with Gasteiger partial charge in [-0.3, -0.25) is 0 Å². The quantitative estimate of drug-likeness (QED) is 0.606. The number of hydrogen-bond acceptors (Lipinski definition) is 0. The molecule has 0 unspecified atom stereocenters. The molecule has 0 N–H and O–H groups in total. The Balaban J connectivity index is 3.31. The Morgan fingerprint density at radius 3 is 2.17 bits per heavy atom. The molecular formula is C10H12F2. The van der Waals surface area contributed by atoms with Crippen LogP contribution < -0.4 is 0 Å². The summed E-state index contributed by atoms with van der Waals surface area (Å²) < 4.78 is 26.5. The number of aryl methyl sites for hydroxylation is 1. The largest absolute Gasteiger partial charge is 0.239 e. The Bertz CT molecular complexity index is 264. The number of halogens is 2. The predicted molar refractivity (Wildman–Crippen MR) is 45.3 cm³/mol. The van der Waals surface area contributed by atoms with Gasteiger partial charge in [0.1, 0.15) is 11.5 Å². The average Bonchev–Trinajstić information content (AvgIpc) is 1.82. The molecule has 66 valence electrons. The molecule has 12 heavy (non-hydrogen) atoms. The maximum absolute atomic E-state index is 13.4. The van der Waals surface area contributed by atoms with Gasteiger partial charge in [0.15, 0.2) is 0 Å². The first kappa shape index (κ1) is 9.17. The van der Waals surface area contributed by atoms with Crippen molar-refractivity contribution in [3.63, 3.8) is 0 Å². The van der Waals surface area contributed by atoms with E-state index in [4.69, 9.17) is 0 Å². The summed E-state index contributed by atoms with van der Waals surface area (Å²) in [6.07, 6.45) is 0. The molecule has 0 radical (unpaired) electrons. The van der Waals surface area contributed by atoms with Crippen molar-refractivity contribution in [1.29, 1.82) is 0 Å². The van der Waals surface area contributed by atoms with E-state index in [1.165, 1.54) is 19.9 Å². The van der Waals surface area contributed by atoms with E-state index in [1.54, 1.807) is 19.1 Å². The number of benzene rings is 1. The average molecular weight is 170 g/mol. The van der Waals surface area contributed by atoms with E-state index >= 15 is 0 Å². The molecule has 0 aromatic heterocycles. The van der Waals surface area contributed by atoms with Crippen molar-refractivity contribution in [3.8, 4) is 0 Å². The van der Waals surface area contributed by atoms with Crippen molar-refractivity contribution in [2.45, 2.75) is 26.4 Å². The first-order valence-corrected chi connectivity index (χ1v) is 3.87. The van der Waals surface area contributed by atoms with Crippen LogP contribution >= 0.6 is 0 Å². The van der Waals surface area contributed by atoms with Crippen LogP contribution in [0.25, 0.3) is 0 Å². The number of hydrogen-bond donors (Lipinski definition) is 0. The maximum Gasteiger partial charge on any atom is 0.133 e. The summed E-state index contributed by atoms with van der Waals surface area (Å²) in [4.78, 5) is 0. The van der Waals surface area contributed by atoms with E-state index in [2.05, 4.69) is 0 Å². The molecule has 0 saturated heterocycles. The topological polar surface area (TPSA) is 0 Å². The standard InChI is InChI=1S/C10H12F2/c1-7-5-4-6-8(11)9(7)10(2,3)12/h4-6H,1-3H3.